The molecule has 26 heavy (non-hydrogen) atoms. The summed E-state index contributed by atoms with van der Waals surface area (Å²) in [5.41, 5.74) is 3.16. The van der Waals surface area contributed by atoms with Crippen molar-refractivity contribution in [1.29, 1.82) is 0 Å². The third-order valence-corrected chi connectivity index (χ3v) is 6.50. The van der Waals surface area contributed by atoms with Gasteiger partial charge in [0.25, 0.3) is 5.91 Å². The average molecular weight is 374 g/mol. The number of hydrogen-bond acceptors (Lipinski definition) is 6. The van der Waals surface area contributed by atoms with Gasteiger partial charge in [0, 0.05) is 18.8 Å². The van der Waals surface area contributed by atoms with Crippen LogP contribution in [-0.4, -0.2) is 48.9 Å². The number of aromatic nitrogens is 2. The second-order valence-electron chi connectivity index (χ2n) is 6.68. The molecule has 0 saturated carbocycles. The number of nitrogens with zero attached hydrogens (tertiary/aromatic N) is 3. The van der Waals surface area contributed by atoms with Crippen LogP contribution in [0.4, 0.5) is 11.5 Å². The highest BCUT2D eigenvalue weighted by Crippen LogP contribution is 2.21. The number of rotatable bonds is 4. The highest BCUT2D eigenvalue weighted by Gasteiger charge is 2.31. The number of nitrogens with one attached hydrogen (secondary N) is 1. The number of carbonyl (C=O) groups excluding carboxylic acids is 1. The van der Waals surface area contributed by atoms with Gasteiger partial charge in [-0.3, -0.25) is 4.79 Å². The summed E-state index contributed by atoms with van der Waals surface area (Å²) in [4.78, 5) is 22.6. The molecule has 1 saturated heterocycles. The molecule has 0 spiro atoms. The minimum atomic E-state index is -2.97. The smallest absolute Gasteiger partial charge is 0.275 e. The molecule has 0 bridgehead atoms. The van der Waals surface area contributed by atoms with Gasteiger partial charge < -0.3 is 10.2 Å². The molecule has 1 aromatic carbocycles. The van der Waals surface area contributed by atoms with E-state index in [-0.39, 0.29) is 29.1 Å². The van der Waals surface area contributed by atoms with Crippen LogP contribution in [0.25, 0.3) is 0 Å². The average Bonchev–Trinajstić information content (AvgIpc) is 2.97. The molecule has 1 atom stereocenters. The summed E-state index contributed by atoms with van der Waals surface area (Å²) in [6.07, 6.45) is 3.49. The van der Waals surface area contributed by atoms with Crippen molar-refractivity contribution in [3.8, 4) is 0 Å². The van der Waals surface area contributed by atoms with Gasteiger partial charge in [-0.1, -0.05) is 6.07 Å². The fourth-order valence-electron chi connectivity index (χ4n) is 2.90. The van der Waals surface area contributed by atoms with Crippen molar-refractivity contribution >= 4 is 27.2 Å². The Morgan fingerprint density at radius 2 is 1.96 bits per heavy atom. The zero-order valence-corrected chi connectivity index (χ0v) is 15.9. The third-order valence-electron chi connectivity index (χ3n) is 4.75. The van der Waals surface area contributed by atoms with E-state index in [1.807, 2.05) is 36.9 Å². The Bertz CT molecular complexity index is 926. The number of amides is 1. The van der Waals surface area contributed by atoms with Crippen LogP contribution in [0.1, 0.15) is 28.0 Å². The Kier molecular flexibility index (Phi) is 4.95. The molecule has 7 nitrogen and oxygen atoms in total. The number of benzene rings is 1. The highest BCUT2D eigenvalue weighted by atomic mass is 32.2. The van der Waals surface area contributed by atoms with Crippen LogP contribution in [0.15, 0.2) is 30.6 Å². The maximum absolute atomic E-state index is 12.3. The van der Waals surface area contributed by atoms with Gasteiger partial charge in [-0.15, -0.1) is 0 Å². The van der Waals surface area contributed by atoms with Crippen molar-refractivity contribution < 1.29 is 13.2 Å². The minimum absolute atomic E-state index is 0.107. The predicted octanol–water partition coefficient (Wildman–Crippen LogP) is 1.97. The molecule has 1 amide bonds. The molecule has 138 valence electrons. The number of carbonyl (C=O) groups is 1. The quantitative estimate of drug-likeness (QED) is 0.880. The van der Waals surface area contributed by atoms with Crippen LogP contribution in [-0.2, 0) is 9.84 Å². The molecule has 2 heterocycles. The molecular weight excluding hydrogens is 352 g/mol. The van der Waals surface area contributed by atoms with Gasteiger partial charge in [0.05, 0.1) is 23.9 Å². The normalized spacial score (nSPS) is 18.5. The topological polar surface area (TPSA) is 92.3 Å². The molecule has 0 radical (unpaired) electrons. The molecule has 1 fully saturated rings. The van der Waals surface area contributed by atoms with Crippen molar-refractivity contribution in [2.75, 3.05) is 28.8 Å². The molecule has 1 aromatic heterocycles. The monoisotopic (exact) mass is 374 g/mol. The largest absolute Gasteiger partial charge is 0.354 e. The first-order valence-corrected chi connectivity index (χ1v) is 10.2. The van der Waals surface area contributed by atoms with E-state index in [0.29, 0.717) is 17.9 Å². The lowest BCUT2D eigenvalue weighted by Gasteiger charge is -2.24. The van der Waals surface area contributed by atoms with Crippen LogP contribution in [0, 0.1) is 13.8 Å². The van der Waals surface area contributed by atoms with Crippen LogP contribution < -0.4 is 10.2 Å². The summed E-state index contributed by atoms with van der Waals surface area (Å²) < 4.78 is 23.2. The first kappa shape index (κ1) is 18.3. The Hall–Kier alpha value is -2.48. The summed E-state index contributed by atoms with van der Waals surface area (Å²) in [7, 11) is -1.17. The first-order valence-electron chi connectivity index (χ1n) is 8.39. The Balaban J connectivity index is 1.68. The lowest BCUT2D eigenvalue weighted by Crippen LogP contribution is -2.33. The molecular formula is C18H22N4O3S. The van der Waals surface area contributed by atoms with Crippen molar-refractivity contribution in [3.05, 3.63) is 47.4 Å². The van der Waals surface area contributed by atoms with E-state index in [4.69, 9.17) is 0 Å². The van der Waals surface area contributed by atoms with Crippen molar-refractivity contribution in [2.45, 2.75) is 26.3 Å². The SMILES string of the molecule is Cc1ccc(NC(=O)c2cnc(N(C)C3CCS(=O)(=O)C3)cn2)cc1C. The van der Waals surface area contributed by atoms with E-state index in [1.54, 1.807) is 7.05 Å². The Morgan fingerprint density at radius 1 is 1.19 bits per heavy atom. The molecule has 0 aliphatic carbocycles. The number of aryl methyl sites for hydroxylation is 2. The molecule has 8 heteroatoms. The van der Waals surface area contributed by atoms with E-state index >= 15 is 0 Å². The lowest BCUT2D eigenvalue weighted by molar-refractivity contribution is 0.102. The summed E-state index contributed by atoms with van der Waals surface area (Å²) >= 11 is 0. The van der Waals surface area contributed by atoms with E-state index in [1.165, 1.54) is 12.4 Å². The van der Waals surface area contributed by atoms with Gasteiger partial charge in [0.2, 0.25) is 0 Å². The molecule has 1 aliphatic heterocycles. The standard InChI is InChI=1S/C18H22N4O3S/c1-12-4-5-14(8-13(12)2)21-18(23)16-9-20-17(10-19-16)22(3)15-6-7-26(24,25)11-15/h4-5,8-10,15H,6-7,11H2,1-3H3,(H,21,23). The minimum Gasteiger partial charge on any atom is -0.354 e. The van der Waals surface area contributed by atoms with Crippen LogP contribution in [0.2, 0.25) is 0 Å². The Labute approximate surface area is 153 Å². The van der Waals surface area contributed by atoms with Gasteiger partial charge in [0.1, 0.15) is 11.5 Å². The molecule has 3 rings (SSSR count). The fraction of sp³-hybridized carbons (Fsp3) is 0.389. The van der Waals surface area contributed by atoms with Crippen molar-refractivity contribution in [1.82, 2.24) is 9.97 Å². The molecule has 1 unspecified atom stereocenters. The summed E-state index contributed by atoms with van der Waals surface area (Å²) in [6, 6.07) is 5.59. The predicted molar refractivity (Wildman–Crippen MR) is 101 cm³/mol. The molecule has 2 aromatic rings. The summed E-state index contributed by atoms with van der Waals surface area (Å²) in [6.45, 7) is 4.00. The third kappa shape index (κ3) is 4.01. The van der Waals surface area contributed by atoms with Crippen LogP contribution in [0.3, 0.4) is 0 Å². The number of anilines is 2. The van der Waals surface area contributed by atoms with E-state index in [9.17, 15) is 13.2 Å². The molecule has 1 aliphatic rings. The van der Waals surface area contributed by atoms with Crippen molar-refractivity contribution in [2.24, 2.45) is 0 Å². The van der Waals surface area contributed by atoms with E-state index in [2.05, 4.69) is 15.3 Å². The van der Waals surface area contributed by atoms with E-state index < -0.39 is 9.84 Å². The second-order valence-corrected chi connectivity index (χ2v) is 8.91. The highest BCUT2D eigenvalue weighted by molar-refractivity contribution is 7.91. The number of sulfone groups is 1. The molecule has 1 N–H and O–H groups in total. The van der Waals surface area contributed by atoms with Gasteiger partial charge in [0.15, 0.2) is 9.84 Å². The van der Waals surface area contributed by atoms with Crippen LogP contribution in [0.5, 0.6) is 0 Å². The summed E-state index contributed by atoms with van der Waals surface area (Å²) in [5, 5.41) is 2.81. The Morgan fingerprint density at radius 3 is 2.54 bits per heavy atom. The summed E-state index contributed by atoms with van der Waals surface area (Å²) in [5.74, 6) is 0.541. The maximum Gasteiger partial charge on any atom is 0.275 e. The zero-order valence-electron chi connectivity index (χ0n) is 15.1. The van der Waals surface area contributed by atoms with E-state index in [0.717, 1.165) is 11.1 Å². The number of hydrogen-bond donors (Lipinski definition) is 1. The van der Waals surface area contributed by atoms with Crippen molar-refractivity contribution in [3.63, 3.8) is 0 Å². The van der Waals surface area contributed by atoms with Crippen LogP contribution >= 0.6 is 0 Å². The van der Waals surface area contributed by atoms with Gasteiger partial charge in [-0.05, 0) is 43.5 Å². The van der Waals surface area contributed by atoms with Gasteiger partial charge >= 0.3 is 0 Å². The first-order chi connectivity index (χ1) is 12.2. The maximum atomic E-state index is 12.3. The second kappa shape index (κ2) is 7.03. The van der Waals surface area contributed by atoms with Gasteiger partial charge in [-0.2, -0.15) is 0 Å². The zero-order chi connectivity index (χ0) is 18.9. The van der Waals surface area contributed by atoms with Gasteiger partial charge in [-0.25, -0.2) is 18.4 Å². The fourth-order valence-corrected chi connectivity index (χ4v) is 4.68. The lowest BCUT2D eigenvalue weighted by atomic mass is 10.1.